The Morgan fingerprint density at radius 3 is 2.89 bits per heavy atom. The summed E-state index contributed by atoms with van der Waals surface area (Å²) in [5, 5.41) is 3.40. The van der Waals surface area contributed by atoms with Gasteiger partial charge in [0.1, 0.15) is 6.26 Å². The van der Waals surface area contributed by atoms with E-state index in [4.69, 9.17) is 13.9 Å². The summed E-state index contributed by atoms with van der Waals surface area (Å²) in [6.07, 6.45) is 6.77. The summed E-state index contributed by atoms with van der Waals surface area (Å²) in [5.74, 6) is 0.568. The molecule has 0 radical (unpaired) electrons. The van der Waals surface area contributed by atoms with Crippen molar-refractivity contribution in [2.45, 2.75) is 38.3 Å². The van der Waals surface area contributed by atoms with E-state index in [9.17, 15) is 0 Å². The van der Waals surface area contributed by atoms with Crippen molar-refractivity contribution < 1.29 is 13.9 Å². The van der Waals surface area contributed by atoms with E-state index >= 15 is 0 Å². The first-order chi connectivity index (χ1) is 8.90. The summed E-state index contributed by atoms with van der Waals surface area (Å²) in [7, 11) is 0. The molecule has 1 saturated carbocycles. The Morgan fingerprint density at radius 2 is 2.11 bits per heavy atom. The van der Waals surface area contributed by atoms with Crippen LogP contribution in [-0.4, -0.2) is 30.8 Å². The van der Waals surface area contributed by atoms with Gasteiger partial charge < -0.3 is 19.2 Å². The lowest BCUT2D eigenvalue weighted by Crippen LogP contribution is -2.21. The molecule has 0 atom stereocenters. The van der Waals surface area contributed by atoms with Gasteiger partial charge in [0.05, 0.1) is 12.3 Å². The molecule has 0 amide bonds. The van der Waals surface area contributed by atoms with Crippen LogP contribution in [0, 0.1) is 5.92 Å². The molecule has 3 rings (SSSR count). The summed E-state index contributed by atoms with van der Waals surface area (Å²) >= 11 is 0. The molecule has 0 bridgehead atoms. The van der Waals surface area contributed by atoms with Crippen LogP contribution in [0.5, 0.6) is 6.08 Å². The highest BCUT2D eigenvalue weighted by molar-refractivity contribution is 5.00. The van der Waals surface area contributed by atoms with Crippen LogP contribution in [0.15, 0.2) is 10.7 Å². The van der Waals surface area contributed by atoms with Gasteiger partial charge in [0, 0.05) is 25.8 Å². The number of ether oxygens (including phenoxy) is 2. The Balaban J connectivity index is 1.41. The Morgan fingerprint density at radius 1 is 1.28 bits per heavy atom. The monoisotopic (exact) mass is 252 g/mol. The number of rotatable bonds is 6. The molecule has 100 valence electrons. The van der Waals surface area contributed by atoms with Crippen molar-refractivity contribution in [3.8, 4) is 6.08 Å². The SMILES string of the molecule is c1oc(OCC2CCOCC2)nc1CNC1CC1. The minimum atomic E-state index is 0.397. The van der Waals surface area contributed by atoms with Crippen molar-refractivity contribution in [3.63, 3.8) is 0 Å². The number of hydrogen-bond acceptors (Lipinski definition) is 5. The van der Waals surface area contributed by atoms with Crippen LogP contribution in [0.3, 0.4) is 0 Å². The van der Waals surface area contributed by atoms with E-state index in [1.54, 1.807) is 6.26 Å². The Kier molecular flexibility index (Phi) is 3.81. The van der Waals surface area contributed by atoms with E-state index in [-0.39, 0.29) is 0 Å². The van der Waals surface area contributed by atoms with Gasteiger partial charge in [-0.2, -0.15) is 4.98 Å². The second-order valence-electron chi connectivity index (χ2n) is 5.13. The third-order valence-corrected chi connectivity index (χ3v) is 3.46. The first-order valence-corrected chi connectivity index (χ1v) is 6.78. The van der Waals surface area contributed by atoms with Crippen molar-refractivity contribution in [1.29, 1.82) is 0 Å². The van der Waals surface area contributed by atoms with Crippen molar-refractivity contribution in [2.75, 3.05) is 19.8 Å². The van der Waals surface area contributed by atoms with Gasteiger partial charge in [-0.05, 0) is 31.6 Å². The highest BCUT2D eigenvalue weighted by Crippen LogP contribution is 2.20. The summed E-state index contributed by atoms with van der Waals surface area (Å²) in [5.41, 5.74) is 0.920. The number of nitrogens with one attached hydrogen (secondary N) is 1. The number of aromatic nitrogens is 1. The lowest BCUT2D eigenvalue weighted by atomic mass is 10.0. The number of hydrogen-bond donors (Lipinski definition) is 1. The van der Waals surface area contributed by atoms with Gasteiger partial charge in [-0.3, -0.25) is 0 Å². The van der Waals surface area contributed by atoms with Crippen molar-refractivity contribution >= 4 is 0 Å². The van der Waals surface area contributed by atoms with E-state index in [0.29, 0.717) is 24.6 Å². The van der Waals surface area contributed by atoms with Crippen LogP contribution in [-0.2, 0) is 11.3 Å². The van der Waals surface area contributed by atoms with Crippen LogP contribution in [0.25, 0.3) is 0 Å². The summed E-state index contributed by atoms with van der Waals surface area (Å²) in [4.78, 5) is 4.31. The summed E-state index contributed by atoms with van der Waals surface area (Å²) < 4.78 is 16.2. The highest BCUT2D eigenvalue weighted by Gasteiger charge is 2.21. The third kappa shape index (κ3) is 3.46. The Labute approximate surface area is 107 Å². The predicted octanol–water partition coefficient (Wildman–Crippen LogP) is 1.73. The van der Waals surface area contributed by atoms with Crippen LogP contribution >= 0.6 is 0 Å². The van der Waals surface area contributed by atoms with E-state index in [1.165, 1.54) is 12.8 Å². The molecule has 5 nitrogen and oxygen atoms in total. The average Bonchev–Trinajstić information content (AvgIpc) is 3.14. The van der Waals surface area contributed by atoms with Crippen LogP contribution in [0.1, 0.15) is 31.4 Å². The topological polar surface area (TPSA) is 56.5 Å². The standard InChI is InChI=1S/C13H20N2O3/c1-2-11(1)14-7-12-9-18-13(15-12)17-8-10-3-5-16-6-4-10/h9-11,14H,1-8H2. The fraction of sp³-hybridized carbons (Fsp3) is 0.769. The molecule has 1 N–H and O–H groups in total. The van der Waals surface area contributed by atoms with Gasteiger partial charge in [0.15, 0.2) is 0 Å². The largest absolute Gasteiger partial charge is 0.450 e. The molecule has 1 aromatic rings. The quantitative estimate of drug-likeness (QED) is 0.835. The number of nitrogens with zero attached hydrogens (tertiary/aromatic N) is 1. The third-order valence-electron chi connectivity index (χ3n) is 3.46. The molecule has 18 heavy (non-hydrogen) atoms. The molecule has 2 heterocycles. The zero-order valence-electron chi connectivity index (χ0n) is 10.6. The first kappa shape index (κ1) is 12.0. The molecule has 5 heteroatoms. The van der Waals surface area contributed by atoms with E-state index in [2.05, 4.69) is 10.3 Å². The highest BCUT2D eigenvalue weighted by atomic mass is 16.6. The van der Waals surface area contributed by atoms with E-state index < -0.39 is 0 Å². The fourth-order valence-corrected chi connectivity index (χ4v) is 2.07. The maximum absolute atomic E-state index is 5.59. The lowest BCUT2D eigenvalue weighted by molar-refractivity contribution is 0.0445. The van der Waals surface area contributed by atoms with Crippen LogP contribution in [0.4, 0.5) is 0 Å². The molecule has 1 saturated heterocycles. The molecule has 1 aromatic heterocycles. The van der Waals surface area contributed by atoms with Gasteiger partial charge >= 0.3 is 6.08 Å². The molecule has 0 aromatic carbocycles. The van der Waals surface area contributed by atoms with Gasteiger partial charge in [-0.25, -0.2) is 0 Å². The van der Waals surface area contributed by atoms with Crippen molar-refractivity contribution in [1.82, 2.24) is 10.3 Å². The molecule has 0 unspecified atom stereocenters. The fourth-order valence-electron chi connectivity index (χ4n) is 2.07. The molecule has 0 spiro atoms. The van der Waals surface area contributed by atoms with Crippen LogP contribution < -0.4 is 10.1 Å². The lowest BCUT2D eigenvalue weighted by Gasteiger charge is -2.20. The first-order valence-electron chi connectivity index (χ1n) is 6.78. The molecular formula is C13H20N2O3. The number of oxazole rings is 1. The average molecular weight is 252 g/mol. The molecule has 2 aliphatic rings. The maximum Gasteiger partial charge on any atom is 0.393 e. The van der Waals surface area contributed by atoms with Gasteiger partial charge in [0.2, 0.25) is 0 Å². The van der Waals surface area contributed by atoms with Crippen molar-refractivity contribution in [2.24, 2.45) is 5.92 Å². The summed E-state index contributed by atoms with van der Waals surface area (Å²) in [6, 6.07) is 0.688. The predicted molar refractivity (Wildman–Crippen MR) is 65.4 cm³/mol. The molecular weight excluding hydrogens is 232 g/mol. The minimum Gasteiger partial charge on any atom is -0.450 e. The maximum atomic E-state index is 5.59. The van der Waals surface area contributed by atoms with Gasteiger partial charge in [0.25, 0.3) is 0 Å². The Hall–Kier alpha value is -1.07. The van der Waals surface area contributed by atoms with E-state index in [1.807, 2.05) is 0 Å². The van der Waals surface area contributed by atoms with Gasteiger partial charge in [-0.1, -0.05) is 0 Å². The molecule has 2 fully saturated rings. The second kappa shape index (κ2) is 5.71. The smallest absolute Gasteiger partial charge is 0.393 e. The minimum absolute atomic E-state index is 0.397. The molecule has 1 aliphatic carbocycles. The van der Waals surface area contributed by atoms with E-state index in [0.717, 1.165) is 38.3 Å². The second-order valence-corrected chi connectivity index (χ2v) is 5.13. The summed E-state index contributed by atoms with van der Waals surface area (Å²) in [6.45, 7) is 3.14. The zero-order chi connectivity index (χ0) is 12.2. The Bertz CT molecular complexity index is 370. The van der Waals surface area contributed by atoms with Gasteiger partial charge in [-0.15, -0.1) is 0 Å². The zero-order valence-corrected chi connectivity index (χ0v) is 10.6. The normalized spacial score (nSPS) is 21.1. The van der Waals surface area contributed by atoms with Crippen LogP contribution in [0.2, 0.25) is 0 Å². The molecule has 1 aliphatic heterocycles. The van der Waals surface area contributed by atoms with Crippen molar-refractivity contribution in [3.05, 3.63) is 12.0 Å².